The smallest absolute Gasteiger partial charge is 0.266 e. The molecule has 0 N–H and O–H groups in total. The summed E-state index contributed by atoms with van der Waals surface area (Å²) < 4.78 is 8.25. The Morgan fingerprint density at radius 1 is 1.00 bits per heavy atom. The molecule has 1 fully saturated rings. The number of unbranched alkanes of at least 4 members (excludes halogenated alkanes) is 1. The molecule has 4 aromatic rings. The van der Waals surface area contributed by atoms with Crippen LogP contribution >= 0.6 is 24.0 Å². The van der Waals surface area contributed by atoms with Gasteiger partial charge in [-0.25, -0.2) is 4.68 Å². The zero-order chi connectivity index (χ0) is 26.5. The first kappa shape index (κ1) is 25.9. The van der Waals surface area contributed by atoms with Gasteiger partial charge in [-0.1, -0.05) is 85.9 Å². The van der Waals surface area contributed by atoms with Crippen LogP contribution in [-0.2, 0) is 4.79 Å². The summed E-state index contributed by atoms with van der Waals surface area (Å²) in [5.41, 5.74) is 4.57. The van der Waals surface area contributed by atoms with Gasteiger partial charge in [0.25, 0.3) is 5.91 Å². The Morgan fingerprint density at radius 2 is 1.68 bits per heavy atom. The third-order valence-electron chi connectivity index (χ3n) is 6.44. The highest BCUT2D eigenvalue weighted by Gasteiger charge is 2.36. The van der Waals surface area contributed by atoms with Crippen LogP contribution in [0.5, 0.6) is 5.75 Å². The largest absolute Gasteiger partial charge is 0.494 e. The van der Waals surface area contributed by atoms with E-state index in [0.717, 1.165) is 46.7 Å². The minimum absolute atomic E-state index is 0.0885. The van der Waals surface area contributed by atoms with Crippen molar-refractivity contribution in [1.82, 2.24) is 14.7 Å². The summed E-state index contributed by atoms with van der Waals surface area (Å²) in [6, 6.07) is 27.7. The summed E-state index contributed by atoms with van der Waals surface area (Å²) in [4.78, 5) is 15.8. The van der Waals surface area contributed by atoms with Crippen LogP contribution in [0.25, 0.3) is 23.0 Å². The number of hydrogen-bond donors (Lipinski definition) is 0. The van der Waals surface area contributed by atoms with Crippen LogP contribution in [0, 0.1) is 0 Å². The lowest BCUT2D eigenvalue weighted by atomic mass is 10.1. The molecule has 1 saturated heterocycles. The first-order valence-corrected chi connectivity index (χ1v) is 14.0. The van der Waals surface area contributed by atoms with Crippen molar-refractivity contribution in [1.29, 1.82) is 0 Å². The molecule has 5 nitrogen and oxygen atoms in total. The Labute approximate surface area is 233 Å². The highest BCUT2D eigenvalue weighted by molar-refractivity contribution is 8.26. The number of amides is 1. The molecule has 3 aromatic carbocycles. The van der Waals surface area contributed by atoms with Gasteiger partial charge in [-0.3, -0.25) is 9.69 Å². The second kappa shape index (κ2) is 11.8. The van der Waals surface area contributed by atoms with E-state index in [9.17, 15) is 4.79 Å². The van der Waals surface area contributed by atoms with E-state index < -0.39 is 0 Å². The number of thiocarbonyl (C=S) groups is 1. The maximum absolute atomic E-state index is 13.5. The van der Waals surface area contributed by atoms with Gasteiger partial charge in [0.15, 0.2) is 0 Å². The van der Waals surface area contributed by atoms with Crippen LogP contribution in [0.3, 0.4) is 0 Å². The minimum atomic E-state index is -0.152. The maximum Gasteiger partial charge on any atom is 0.266 e. The number of aromatic nitrogens is 2. The number of nitrogens with zero attached hydrogens (tertiary/aromatic N) is 3. The minimum Gasteiger partial charge on any atom is -0.494 e. The van der Waals surface area contributed by atoms with Crippen molar-refractivity contribution in [2.24, 2.45) is 0 Å². The van der Waals surface area contributed by atoms with E-state index in [-0.39, 0.29) is 11.9 Å². The Balaban J connectivity index is 1.49. The van der Waals surface area contributed by atoms with Gasteiger partial charge in [-0.2, -0.15) is 5.10 Å². The average Bonchev–Trinajstić information content (AvgIpc) is 3.50. The molecule has 1 aliphatic heterocycles. The Kier molecular flexibility index (Phi) is 8.05. The number of hydrogen-bond acceptors (Lipinski definition) is 5. The van der Waals surface area contributed by atoms with Crippen molar-refractivity contribution in [2.45, 2.75) is 32.7 Å². The van der Waals surface area contributed by atoms with Gasteiger partial charge in [0.1, 0.15) is 10.1 Å². The maximum atomic E-state index is 13.5. The molecule has 192 valence electrons. The number of ether oxygens (including phenoxy) is 1. The molecule has 1 aliphatic rings. The second-order valence-electron chi connectivity index (χ2n) is 9.08. The van der Waals surface area contributed by atoms with Crippen LogP contribution in [0.4, 0.5) is 0 Å². The van der Waals surface area contributed by atoms with Gasteiger partial charge >= 0.3 is 0 Å². The van der Waals surface area contributed by atoms with Crippen LogP contribution in [0.1, 0.15) is 43.9 Å². The fraction of sp³-hybridized carbons (Fsp3) is 0.194. The zero-order valence-corrected chi connectivity index (χ0v) is 23.0. The molecule has 0 bridgehead atoms. The number of carbonyl (C=O) groups excluding carboxylic acids is 1. The monoisotopic (exact) mass is 539 g/mol. The highest BCUT2D eigenvalue weighted by atomic mass is 32.2. The molecule has 0 radical (unpaired) electrons. The van der Waals surface area contributed by atoms with Crippen molar-refractivity contribution in [3.63, 3.8) is 0 Å². The van der Waals surface area contributed by atoms with Crippen LogP contribution in [0.15, 0.2) is 96.0 Å². The molecule has 0 spiro atoms. The van der Waals surface area contributed by atoms with Crippen molar-refractivity contribution in [3.8, 4) is 22.7 Å². The topological polar surface area (TPSA) is 47.4 Å². The predicted octanol–water partition coefficient (Wildman–Crippen LogP) is 7.68. The SMILES string of the molecule is CCCCOc1ccc(-c2nn(-c3ccccc3)cc2/C=C2\SC(=S)N(C(C)c3ccccc3)C2=O)cc1. The lowest BCUT2D eigenvalue weighted by molar-refractivity contribution is -0.123. The summed E-state index contributed by atoms with van der Waals surface area (Å²) in [5, 5.41) is 4.91. The van der Waals surface area contributed by atoms with E-state index in [0.29, 0.717) is 15.8 Å². The average molecular weight is 540 g/mol. The molecular formula is C31H29N3O2S2. The van der Waals surface area contributed by atoms with Crippen molar-refractivity contribution < 1.29 is 9.53 Å². The highest BCUT2D eigenvalue weighted by Crippen LogP contribution is 2.39. The Hall–Kier alpha value is -3.68. The summed E-state index contributed by atoms with van der Waals surface area (Å²) in [7, 11) is 0. The van der Waals surface area contributed by atoms with Crippen molar-refractivity contribution in [3.05, 3.63) is 107 Å². The molecule has 1 unspecified atom stereocenters. The molecule has 7 heteroatoms. The van der Waals surface area contributed by atoms with E-state index in [1.54, 1.807) is 4.90 Å². The molecular weight excluding hydrogens is 510 g/mol. The standard InChI is InChI=1S/C31H29N3O2S2/c1-3-4-19-36-27-17-15-24(16-18-27)29-25(21-33(32-29)26-13-9-6-10-14-26)20-28-30(35)34(31(37)38-28)22(2)23-11-7-5-8-12-23/h5-18,20-22H,3-4,19H2,1-2H3/b28-20-. The van der Waals surface area contributed by atoms with Gasteiger partial charge in [0.2, 0.25) is 0 Å². The molecule has 0 saturated carbocycles. The first-order chi connectivity index (χ1) is 18.5. The zero-order valence-electron chi connectivity index (χ0n) is 21.4. The molecule has 2 heterocycles. The van der Waals surface area contributed by atoms with E-state index in [4.69, 9.17) is 22.1 Å². The summed E-state index contributed by atoms with van der Waals surface area (Å²) in [6.45, 7) is 4.85. The van der Waals surface area contributed by atoms with Gasteiger partial charge in [-0.05, 0) is 61.4 Å². The predicted molar refractivity (Wildman–Crippen MR) is 159 cm³/mol. The number of para-hydroxylation sites is 1. The normalized spacial score (nSPS) is 15.3. The van der Waals surface area contributed by atoms with Gasteiger partial charge in [0, 0.05) is 17.3 Å². The van der Waals surface area contributed by atoms with Crippen LogP contribution in [-0.4, -0.2) is 31.5 Å². The number of carbonyl (C=O) groups is 1. The fourth-order valence-corrected chi connectivity index (χ4v) is 5.72. The third kappa shape index (κ3) is 5.59. The van der Waals surface area contributed by atoms with Gasteiger partial charge in [-0.15, -0.1) is 0 Å². The van der Waals surface area contributed by atoms with E-state index >= 15 is 0 Å². The Morgan fingerprint density at radius 3 is 2.37 bits per heavy atom. The first-order valence-electron chi connectivity index (χ1n) is 12.8. The summed E-state index contributed by atoms with van der Waals surface area (Å²) in [6.07, 6.45) is 5.98. The number of thioether (sulfide) groups is 1. The van der Waals surface area contributed by atoms with Crippen LogP contribution in [0.2, 0.25) is 0 Å². The summed E-state index contributed by atoms with van der Waals surface area (Å²) in [5.74, 6) is 0.747. The quantitative estimate of drug-likeness (QED) is 0.124. The number of rotatable bonds is 9. The lowest BCUT2D eigenvalue weighted by Gasteiger charge is -2.23. The fourth-order valence-electron chi connectivity index (χ4n) is 4.31. The molecule has 5 rings (SSSR count). The summed E-state index contributed by atoms with van der Waals surface area (Å²) >= 11 is 6.98. The Bertz CT molecular complexity index is 1450. The van der Waals surface area contributed by atoms with Gasteiger partial charge in [0.05, 0.1) is 28.9 Å². The molecule has 1 aromatic heterocycles. The third-order valence-corrected chi connectivity index (χ3v) is 7.77. The molecule has 0 aliphatic carbocycles. The van der Waals surface area contributed by atoms with Crippen molar-refractivity contribution >= 4 is 40.3 Å². The van der Waals surface area contributed by atoms with E-state index in [1.165, 1.54) is 11.8 Å². The molecule has 1 atom stereocenters. The van der Waals surface area contributed by atoms with E-state index in [1.807, 2.05) is 109 Å². The van der Waals surface area contributed by atoms with E-state index in [2.05, 4.69) is 6.92 Å². The van der Waals surface area contributed by atoms with Crippen molar-refractivity contribution in [2.75, 3.05) is 6.61 Å². The molecule has 38 heavy (non-hydrogen) atoms. The van der Waals surface area contributed by atoms with Gasteiger partial charge < -0.3 is 4.74 Å². The lowest BCUT2D eigenvalue weighted by Crippen LogP contribution is -2.30. The van der Waals surface area contributed by atoms with Crippen LogP contribution < -0.4 is 4.74 Å². The number of benzene rings is 3. The second-order valence-corrected chi connectivity index (χ2v) is 10.8. The molecule has 1 amide bonds.